The first-order valence-electron chi connectivity index (χ1n) is 5.97. The number of amides is 1. The van der Waals surface area contributed by atoms with Gasteiger partial charge in [-0.25, -0.2) is 4.98 Å². The quantitative estimate of drug-likeness (QED) is 0.539. The Morgan fingerprint density at radius 3 is 2.85 bits per heavy atom. The van der Waals surface area contributed by atoms with Crippen molar-refractivity contribution in [2.45, 2.75) is 13.8 Å². The predicted molar refractivity (Wildman–Crippen MR) is 73.6 cm³/mol. The van der Waals surface area contributed by atoms with E-state index in [9.17, 15) is 4.79 Å². The zero-order valence-corrected chi connectivity index (χ0v) is 11.7. The molecule has 2 heterocycles. The Kier molecular flexibility index (Phi) is 3.78. The van der Waals surface area contributed by atoms with Gasteiger partial charge < -0.3 is 10.3 Å². The maximum absolute atomic E-state index is 11.6. The summed E-state index contributed by atoms with van der Waals surface area (Å²) in [5.74, 6) is 0.0822. The highest BCUT2D eigenvalue weighted by Gasteiger charge is 2.13. The van der Waals surface area contributed by atoms with Crippen LogP contribution < -0.4 is 10.7 Å². The lowest BCUT2D eigenvalue weighted by Gasteiger charge is -2.02. The van der Waals surface area contributed by atoms with Crippen molar-refractivity contribution in [3.63, 3.8) is 0 Å². The summed E-state index contributed by atoms with van der Waals surface area (Å²) in [4.78, 5) is 18.3. The van der Waals surface area contributed by atoms with Crippen molar-refractivity contribution in [1.82, 2.24) is 30.3 Å². The molecule has 0 aliphatic rings. The first-order chi connectivity index (χ1) is 9.54. The molecule has 9 nitrogen and oxygen atoms in total. The second-order valence-electron chi connectivity index (χ2n) is 4.16. The highest BCUT2D eigenvalue weighted by atomic mass is 16.1. The normalized spacial score (nSPS) is 11.5. The van der Waals surface area contributed by atoms with E-state index in [0.29, 0.717) is 22.9 Å². The molecule has 20 heavy (non-hydrogen) atoms. The topological polar surface area (TPSA) is 113 Å². The summed E-state index contributed by atoms with van der Waals surface area (Å²) >= 11 is 0. The molecule has 106 valence electrons. The molecule has 0 bridgehead atoms. The van der Waals surface area contributed by atoms with Gasteiger partial charge in [-0.3, -0.25) is 14.9 Å². The van der Waals surface area contributed by atoms with Crippen LogP contribution in [0.15, 0.2) is 11.4 Å². The van der Waals surface area contributed by atoms with Crippen molar-refractivity contribution in [3.8, 4) is 0 Å². The van der Waals surface area contributed by atoms with Gasteiger partial charge in [-0.2, -0.15) is 5.10 Å². The SMILES string of the molecule is CNC(=O)c1[nH]cnc1NN=C(C)c1nnn(C)c1C. The minimum Gasteiger partial charge on any atom is -0.354 e. The lowest BCUT2D eigenvalue weighted by molar-refractivity contribution is 0.0959. The number of hydrogen-bond donors (Lipinski definition) is 3. The molecule has 1 amide bonds. The third-order valence-electron chi connectivity index (χ3n) is 2.87. The van der Waals surface area contributed by atoms with E-state index in [0.717, 1.165) is 5.69 Å². The van der Waals surface area contributed by atoms with Gasteiger partial charge in [0.25, 0.3) is 5.91 Å². The number of aromatic amines is 1. The molecule has 3 N–H and O–H groups in total. The molecule has 0 unspecified atom stereocenters. The Hall–Kier alpha value is -2.71. The van der Waals surface area contributed by atoms with Gasteiger partial charge in [0.05, 0.1) is 17.7 Å². The molecule has 0 fully saturated rings. The van der Waals surface area contributed by atoms with Crippen LogP contribution in [0.5, 0.6) is 0 Å². The Labute approximate surface area is 115 Å². The second kappa shape index (κ2) is 5.51. The van der Waals surface area contributed by atoms with Gasteiger partial charge in [0.1, 0.15) is 11.4 Å². The third kappa shape index (κ3) is 2.51. The Morgan fingerprint density at radius 2 is 2.25 bits per heavy atom. The predicted octanol–water partition coefficient (Wildman–Crippen LogP) is 0.0423. The minimum atomic E-state index is -0.270. The van der Waals surface area contributed by atoms with Crippen molar-refractivity contribution in [2.24, 2.45) is 12.1 Å². The molecule has 0 aromatic carbocycles. The molecular formula is C11H16N8O. The molecule has 2 aromatic heterocycles. The number of imidazole rings is 1. The van der Waals surface area contributed by atoms with E-state index in [2.05, 4.69) is 36.1 Å². The van der Waals surface area contributed by atoms with E-state index in [4.69, 9.17) is 0 Å². The molecule has 0 aliphatic heterocycles. The number of rotatable bonds is 4. The molecule has 0 saturated heterocycles. The van der Waals surface area contributed by atoms with E-state index in [1.807, 2.05) is 14.0 Å². The van der Waals surface area contributed by atoms with Gasteiger partial charge in [-0.1, -0.05) is 5.21 Å². The van der Waals surface area contributed by atoms with Crippen molar-refractivity contribution in [3.05, 3.63) is 23.4 Å². The monoisotopic (exact) mass is 276 g/mol. The van der Waals surface area contributed by atoms with E-state index in [-0.39, 0.29) is 5.91 Å². The average molecular weight is 276 g/mol. The fourth-order valence-corrected chi connectivity index (χ4v) is 1.61. The van der Waals surface area contributed by atoms with Gasteiger partial charge in [0, 0.05) is 14.1 Å². The Balaban J connectivity index is 2.19. The first kappa shape index (κ1) is 13.7. The van der Waals surface area contributed by atoms with Crippen molar-refractivity contribution < 1.29 is 4.79 Å². The van der Waals surface area contributed by atoms with Crippen LogP contribution in [0.2, 0.25) is 0 Å². The second-order valence-corrected chi connectivity index (χ2v) is 4.16. The summed E-state index contributed by atoms with van der Waals surface area (Å²) in [5, 5.41) is 14.6. The molecule has 9 heteroatoms. The van der Waals surface area contributed by atoms with Crippen LogP contribution in [0, 0.1) is 6.92 Å². The number of carbonyl (C=O) groups is 1. The number of H-pyrrole nitrogens is 1. The maximum atomic E-state index is 11.6. The summed E-state index contributed by atoms with van der Waals surface area (Å²) < 4.78 is 1.67. The number of nitrogens with one attached hydrogen (secondary N) is 3. The van der Waals surface area contributed by atoms with E-state index < -0.39 is 0 Å². The number of nitrogens with zero attached hydrogens (tertiary/aromatic N) is 5. The largest absolute Gasteiger partial charge is 0.354 e. The number of carbonyl (C=O) groups excluding carboxylic acids is 1. The molecule has 0 saturated carbocycles. The number of hydrazone groups is 1. The Morgan fingerprint density at radius 1 is 1.50 bits per heavy atom. The van der Waals surface area contributed by atoms with Crippen LogP contribution in [0.3, 0.4) is 0 Å². The van der Waals surface area contributed by atoms with Crippen molar-refractivity contribution >= 4 is 17.4 Å². The fourth-order valence-electron chi connectivity index (χ4n) is 1.61. The number of hydrogen-bond acceptors (Lipinski definition) is 6. The molecule has 0 spiro atoms. The maximum Gasteiger partial charge on any atom is 0.271 e. The molecule has 0 aliphatic carbocycles. The van der Waals surface area contributed by atoms with E-state index in [1.165, 1.54) is 6.33 Å². The summed E-state index contributed by atoms with van der Waals surface area (Å²) in [7, 11) is 3.36. The highest BCUT2D eigenvalue weighted by molar-refractivity contribution is 5.99. The van der Waals surface area contributed by atoms with E-state index >= 15 is 0 Å². The van der Waals surface area contributed by atoms with Gasteiger partial charge in [-0.15, -0.1) is 5.10 Å². The highest BCUT2D eigenvalue weighted by Crippen LogP contribution is 2.10. The van der Waals surface area contributed by atoms with Gasteiger partial charge in [0.15, 0.2) is 5.82 Å². The van der Waals surface area contributed by atoms with Gasteiger partial charge in [-0.05, 0) is 13.8 Å². The standard InChI is InChI=1S/C11H16N8O/c1-6(8-7(2)19(4)18-16-8)15-17-10-9(11(20)12-3)13-5-14-10/h5,17H,1-4H3,(H,12,20)(H,13,14). The lowest BCUT2D eigenvalue weighted by atomic mass is 10.2. The Bertz CT molecular complexity index is 653. The minimum absolute atomic E-state index is 0.270. The van der Waals surface area contributed by atoms with Crippen molar-refractivity contribution in [2.75, 3.05) is 12.5 Å². The van der Waals surface area contributed by atoms with Gasteiger partial charge in [0.2, 0.25) is 0 Å². The summed E-state index contributed by atoms with van der Waals surface area (Å²) in [6.07, 6.45) is 1.42. The van der Waals surface area contributed by atoms with Crippen LogP contribution in [0.4, 0.5) is 5.82 Å². The average Bonchev–Trinajstić information content (AvgIpc) is 3.03. The summed E-state index contributed by atoms with van der Waals surface area (Å²) in [6, 6.07) is 0. The molecule has 0 radical (unpaired) electrons. The lowest BCUT2D eigenvalue weighted by Crippen LogP contribution is -2.19. The number of aryl methyl sites for hydroxylation is 1. The zero-order chi connectivity index (χ0) is 14.7. The van der Waals surface area contributed by atoms with Gasteiger partial charge >= 0.3 is 0 Å². The molecule has 2 aromatic rings. The van der Waals surface area contributed by atoms with Crippen LogP contribution in [0.1, 0.15) is 28.8 Å². The molecule has 2 rings (SSSR count). The van der Waals surface area contributed by atoms with Crippen LogP contribution in [-0.2, 0) is 7.05 Å². The summed E-state index contributed by atoms with van der Waals surface area (Å²) in [5.41, 5.74) is 5.32. The fraction of sp³-hybridized carbons (Fsp3) is 0.364. The van der Waals surface area contributed by atoms with Crippen LogP contribution in [0.25, 0.3) is 0 Å². The first-order valence-corrected chi connectivity index (χ1v) is 5.97. The van der Waals surface area contributed by atoms with Crippen molar-refractivity contribution in [1.29, 1.82) is 0 Å². The summed E-state index contributed by atoms with van der Waals surface area (Å²) in [6.45, 7) is 3.70. The zero-order valence-electron chi connectivity index (χ0n) is 11.7. The van der Waals surface area contributed by atoms with Crippen LogP contribution >= 0.6 is 0 Å². The van der Waals surface area contributed by atoms with E-state index in [1.54, 1.807) is 18.7 Å². The number of anilines is 1. The smallest absolute Gasteiger partial charge is 0.271 e. The van der Waals surface area contributed by atoms with Crippen LogP contribution in [-0.4, -0.2) is 43.6 Å². The molecular weight excluding hydrogens is 260 g/mol. The molecule has 0 atom stereocenters. The third-order valence-corrected chi connectivity index (χ3v) is 2.87. The number of aromatic nitrogens is 5.